The van der Waals surface area contributed by atoms with Crippen LogP contribution in [0.15, 0.2) is 24.5 Å². The van der Waals surface area contributed by atoms with Crippen LogP contribution < -0.4 is 5.32 Å². The van der Waals surface area contributed by atoms with Gasteiger partial charge in [-0.05, 0) is 59.1 Å². The SMILES string of the molecule is CC(NC1CCN(C(=O)OC(C)(C)C)C(C)C1)c1cccnc1. The van der Waals surface area contributed by atoms with E-state index in [1.165, 1.54) is 5.56 Å². The molecule has 1 aromatic rings. The van der Waals surface area contributed by atoms with Crippen molar-refractivity contribution in [1.82, 2.24) is 15.2 Å². The van der Waals surface area contributed by atoms with E-state index in [9.17, 15) is 4.79 Å². The summed E-state index contributed by atoms with van der Waals surface area (Å²) >= 11 is 0. The number of likely N-dealkylation sites (tertiary alicyclic amines) is 1. The number of nitrogens with one attached hydrogen (secondary N) is 1. The van der Waals surface area contributed by atoms with E-state index in [1.807, 2.05) is 37.9 Å². The molecule has 0 radical (unpaired) electrons. The van der Waals surface area contributed by atoms with Crippen molar-refractivity contribution >= 4 is 6.09 Å². The number of hydrogen-bond donors (Lipinski definition) is 1. The smallest absolute Gasteiger partial charge is 0.410 e. The maximum Gasteiger partial charge on any atom is 0.410 e. The Labute approximate surface area is 139 Å². The number of piperidine rings is 1. The first-order valence-corrected chi connectivity index (χ1v) is 8.42. The molecule has 1 aliphatic rings. The Hall–Kier alpha value is -1.62. The first-order valence-electron chi connectivity index (χ1n) is 8.42. The topological polar surface area (TPSA) is 54.5 Å². The molecule has 5 heteroatoms. The van der Waals surface area contributed by atoms with E-state index in [-0.39, 0.29) is 18.2 Å². The molecule has 1 fully saturated rings. The molecular weight excluding hydrogens is 290 g/mol. The lowest BCUT2D eigenvalue weighted by molar-refractivity contribution is 0.00905. The van der Waals surface area contributed by atoms with Gasteiger partial charge in [0, 0.05) is 37.1 Å². The van der Waals surface area contributed by atoms with Gasteiger partial charge < -0.3 is 15.0 Å². The van der Waals surface area contributed by atoms with Crippen LogP contribution in [-0.2, 0) is 4.74 Å². The van der Waals surface area contributed by atoms with E-state index in [0.29, 0.717) is 6.04 Å². The van der Waals surface area contributed by atoms with Crippen LogP contribution in [0.1, 0.15) is 59.1 Å². The molecule has 0 aromatic carbocycles. The molecule has 0 spiro atoms. The largest absolute Gasteiger partial charge is 0.444 e. The Kier molecular flexibility index (Phi) is 5.63. The van der Waals surface area contributed by atoms with Crippen molar-refractivity contribution in [3.8, 4) is 0 Å². The predicted octanol–water partition coefficient (Wildman–Crippen LogP) is 3.52. The Balaban J connectivity index is 1.87. The van der Waals surface area contributed by atoms with Crippen molar-refractivity contribution in [1.29, 1.82) is 0 Å². The molecule has 1 aliphatic heterocycles. The van der Waals surface area contributed by atoms with Gasteiger partial charge in [-0.3, -0.25) is 4.98 Å². The monoisotopic (exact) mass is 319 g/mol. The summed E-state index contributed by atoms with van der Waals surface area (Å²) in [6.45, 7) is 10.7. The summed E-state index contributed by atoms with van der Waals surface area (Å²) in [6, 6.07) is 4.88. The molecule has 5 nitrogen and oxygen atoms in total. The fourth-order valence-corrected chi connectivity index (χ4v) is 3.00. The summed E-state index contributed by atoms with van der Waals surface area (Å²) < 4.78 is 5.49. The Morgan fingerprint density at radius 3 is 2.78 bits per heavy atom. The van der Waals surface area contributed by atoms with Crippen LogP contribution in [0.3, 0.4) is 0 Å². The van der Waals surface area contributed by atoms with Gasteiger partial charge in [-0.25, -0.2) is 4.79 Å². The molecule has 128 valence electrons. The number of amides is 1. The van der Waals surface area contributed by atoms with Crippen molar-refractivity contribution < 1.29 is 9.53 Å². The predicted molar refractivity (Wildman–Crippen MR) is 91.2 cm³/mol. The van der Waals surface area contributed by atoms with E-state index < -0.39 is 5.60 Å². The summed E-state index contributed by atoms with van der Waals surface area (Å²) in [4.78, 5) is 18.3. The normalized spacial score (nSPS) is 23.4. The number of carbonyl (C=O) groups excluding carboxylic acids is 1. The third-order valence-electron chi connectivity index (χ3n) is 4.17. The van der Waals surface area contributed by atoms with Gasteiger partial charge in [-0.1, -0.05) is 6.07 Å². The zero-order valence-corrected chi connectivity index (χ0v) is 14.9. The van der Waals surface area contributed by atoms with Crippen LogP contribution >= 0.6 is 0 Å². The molecule has 0 saturated carbocycles. The van der Waals surface area contributed by atoms with Gasteiger partial charge in [0.15, 0.2) is 0 Å². The van der Waals surface area contributed by atoms with Crippen LogP contribution in [0.4, 0.5) is 4.79 Å². The molecule has 23 heavy (non-hydrogen) atoms. The standard InChI is InChI=1S/C18H29N3O2/c1-13-11-16(20-14(2)15-7-6-9-19-12-15)8-10-21(13)17(22)23-18(3,4)5/h6-7,9,12-14,16,20H,8,10-11H2,1-5H3. The van der Waals surface area contributed by atoms with Crippen molar-refractivity contribution in [3.05, 3.63) is 30.1 Å². The third kappa shape index (κ3) is 5.20. The first-order chi connectivity index (χ1) is 10.8. The van der Waals surface area contributed by atoms with Gasteiger partial charge in [0.25, 0.3) is 0 Å². The second kappa shape index (κ2) is 7.30. The lowest BCUT2D eigenvalue weighted by atomic mass is 9.97. The number of pyridine rings is 1. The van der Waals surface area contributed by atoms with E-state index >= 15 is 0 Å². The fourth-order valence-electron chi connectivity index (χ4n) is 3.00. The minimum atomic E-state index is -0.444. The average molecular weight is 319 g/mol. The molecule has 1 N–H and O–H groups in total. The fraction of sp³-hybridized carbons (Fsp3) is 0.667. The van der Waals surface area contributed by atoms with E-state index in [4.69, 9.17) is 4.74 Å². The second-order valence-electron chi connectivity index (χ2n) is 7.42. The van der Waals surface area contributed by atoms with Gasteiger partial charge >= 0.3 is 6.09 Å². The highest BCUT2D eigenvalue weighted by molar-refractivity contribution is 5.68. The van der Waals surface area contributed by atoms with Crippen molar-refractivity contribution in [3.63, 3.8) is 0 Å². The molecule has 2 rings (SSSR count). The summed E-state index contributed by atoms with van der Waals surface area (Å²) in [5.41, 5.74) is 0.746. The van der Waals surface area contributed by atoms with Crippen molar-refractivity contribution in [2.75, 3.05) is 6.54 Å². The Morgan fingerprint density at radius 1 is 1.48 bits per heavy atom. The number of rotatable bonds is 3. The van der Waals surface area contributed by atoms with Crippen molar-refractivity contribution in [2.24, 2.45) is 0 Å². The number of ether oxygens (including phenoxy) is 1. The van der Waals surface area contributed by atoms with E-state index in [2.05, 4.69) is 30.2 Å². The molecule has 2 heterocycles. The van der Waals surface area contributed by atoms with Crippen LogP contribution in [0.2, 0.25) is 0 Å². The summed E-state index contributed by atoms with van der Waals surface area (Å²) in [5.74, 6) is 0. The minimum Gasteiger partial charge on any atom is -0.444 e. The van der Waals surface area contributed by atoms with Crippen LogP contribution in [0.5, 0.6) is 0 Å². The quantitative estimate of drug-likeness (QED) is 0.926. The highest BCUT2D eigenvalue weighted by atomic mass is 16.6. The number of aromatic nitrogens is 1. The molecule has 3 unspecified atom stereocenters. The number of carbonyl (C=O) groups is 1. The highest BCUT2D eigenvalue weighted by Gasteiger charge is 2.32. The molecule has 0 bridgehead atoms. The summed E-state index contributed by atoms with van der Waals surface area (Å²) in [5, 5.41) is 3.65. The number of nitrogens with zero attached hydrogens (tertiary/aromatic N) is 2. The van der Waals surface area contributed by atoms with Crippen molar-refractivity contribution in [2.45, 2.75) is 71.2 Å². The maximum absolute atomic E-state index is 12.2. The lowest BCUT2D eigenvalue weighted by Crippen LogP contribution is -2.51. The van der Waals surface area contributed by atoms with Crippen LogP contribution in [-0.4, -0.2) is 40.2 Å². The molecule has 0 aliphatic carbocycles. The molecule has 1 aromatic heterocycles. The maximum atomic E-state index is 12.2. The van der Waals surface area contributed by atoms with E-state index in [0.717, 1.165) is 19.4 Å². The third-order valence-corrected chi connectivity index (χ3v) is 4.17. The second-order valence-corrected chi connectivity index (χ2v) is 7.42. The molecule has 1 amide bonds. The zero-order valence-electron chi connectivity index (χ0n) is 14.9. The first kappa shape index (κ1) is 17.7. The van der Waals surface area contributed by atoms with Gasteiger partial charge in [0.05, 0.1) is 0 Å². The molecule has 3 atom stereocenters. The lowest BCUT2D eigenvalue weighted by Gasteiger charge is -2.39. The Bertz CT molecular complexity index is 513. The average Bonchev–Trinajstić information content (AvgIpc) is 2.46. The zero-order chi connectivity index (χ0) is 17.0. The minimum absolute atomic E-state index is 0.178. The summed E-state index contributed by atoms with van der Waals surface area (Å²) in [6.07, 6.45) is 5.36. The van der Waals surface area contributed by atoms with E-state index in [1.54, 1.807) is 6.20 Å². The van der Waals surface area contributed by atoms with Gasteiger partial charge in [-0.2, -0.15) is 0 Å². The van der Waals surface area contributed by atoms with Gasteiger partial charge in [-0.15, -0.1) is 0 Å². The number of hydrogen-bond acceptors (Lipinski definition) is 4. The Morgan fingerprint density at radius 2 is 2.22 bits per heavy atom. The molecular formula is C18H29N3O2. The summed E-state index contributed by atoms with van der Waals surface area (Å²) in [7, 11) is 0. The van der Waals surface area contributed by atoms with Crippen LogP contribution in [0, 0.1) is 0 Å². The van der Waals surface area contributed by atoms with Gasteiger partial charge in [0.2, 0.25) is 0 Å². The highest BCUT2D eigenvalue weighted by Crippen LogP contribution is 2.22. The molecule has 1 saturated heterocycles. The van der Waals surface area contributed by atoms with Gasteiger partial charge in [0.1, 0.15) is 5.60 Å². The van der Waals surface area contributed by atoms with Crippen LogP contribution in [0.25, 0.3) is 0 Å².